The predicted octanol–water partition coefficient (Wildman–Crippen LogP) is 2.59. The fourth-order valence-electron chi connectivity index (χ4n) is 1.09. The Morgan fingerprint density at radius 2 is 2.00 bits per heavy atom. The molecule has 0 heterocycles. The lowest BCUT2D eigenvalue weighted by atomic mass is 10.3. The number of aliphatic imine (C=N–C) groups is 1. The van der Waals surface area contributed by atoms with Gasteiger partial charge in [0.25, 0.3) is 0 Å². The standard InChI is InChI=1S/C10H11ClF2N2O/c1-2-16-10-7(12)3-6(4-8(10)13)15-9(14)5-11/h3-4H,2,5H2,1H3,(H2,14,15). The molecule has 0 aliphatic rings. The first-order valence-corrected chi connectivity index (χ1v) is 5.12. The van der Waals surface area contributed by atoms with Crippen LogP contribution in [0.1, 0.15) is 6.92 Å². The summed E-state index contributed by atoms with van der Waals surface area (Å²) >= 11 is 5.39. The summed E-state index contributed by atoms with van der Waals surface area (Å²) in [7, 11) is 0. The molecule has 0 unspecified atom stereocenters. The summed E-state index contributed by atoms with van der Waals surface area (Å²) in [5.41, 5.74) is 5.41. The Morgan fingerprint density at radius 3 is 2.44 bits per heavy atom. The molecular weight excluding hydrogens is 238 g/mol. The topological polar surface area (TPSA) is 47.6 Å². The maximum Gasteiger partial charge on any atom is 0.190 e. The minimum Gasteiger partial charge on any atom is -0.488 e. The molecule has 16 heavy (non-hydrogen) atoms. The Morgan fingerprint density at radius 1 is 1.44 bits per heavy atom. The van der Waals surface area contributed by atoms with Gasteiger partial charge in [0.2, 0.25) is 0 Å². The van der Waals surface area contributed by atoms with Gasteiger partial charge in [0, 0.05) is 12.1 Å². The maximum absolute atomic E-state index is 13.3. The highest BCUT2D eigenvalue weighted by molar-refractivity contribution is 6.28. The molecular formula is C10H11ClF2N2O. The van der Waals surface area contributed by atoms with Crippen molar-refractivity contribution in [1.82, 2.24) is 0 Å². The fraction of sp³-hybridized carbons (Fsp3) is 0.300. The van der Waals surface area contributed by atoms with Gasteiger partial charge in [0.05, 0.1) is 18.2 Å². The van der Waals surface area contributed by atoms with E-state index in [4.69, 9.17) is 22.1 Å². The third kappa shape index (κ3) is 3.06. The van der Waals surface area contributed by atoms with Crippen molar-refractivity contribution in [2.24, 2.45) is 10.7 Å². The molecule has 0 bridgehead atoms. The average Bonchev–Trinajstić information content (AvgIpc) is 2.23. The number of alkyl halides is 1. The molecule has 1 aromatic carbocycles. The van der Waals surface area contributed by atoms with Crippen molar-refractivity contribution in [2.75, 3.05) is 12.5 Å². The number of ether oxygens (including phenoxy) is 1. The van der Waals surface area contributed by atoms with Gasteiger partial charge in [-0.05, 0) is 6.92 Å². The SMILES string of the molecule is CCOc1c(F)cc(N=C(N)CCl)cc1F. The number of rotatable bonds is 4. The van der Waals surface area contributed by atoms with Gasteiger partial charge < -0.3 is 10.5 Å². The Kier molecular flexibility index (Phi) is 4.49. The minimum absolute atomic E-state index is 0.00352. The zero-order chi connectivity index (χ0) is 12.1. The van der Waals surface area contributed by atoms with Crippen molar-refractivity contribution in [1.29, 1.82) is 0 Å². The third-order valence-corrected chi connectivity index (χ3v) is 1.96. The number of hydrogen-bond acceptors (Lipinski definition) is 2. The quantitative estimate of drug-likeness (QED) is 0.506. The highest BCUT2D eigenvalue weighted by Crippen LogP contribution is 2.27. The number of nitrogens with zero attached hydrogens (tertiary/aromatic N) is 1. The summed E-state index contributed by atoms with van der Waals surface area (Å²) in [6, 6.07) is 2.07. The van der Waals surface area contributed by atoms with Crippen LogP contribution in [0.3, 0.4) is 0 Å². The van der Waals surface area contributed by atoms with Crippen LogP contribution in [0, 0.1) is 11.6 Å². The van der Waals surface area contributed by atoms with E-state index < -0.39 is 17.4 Å². The van der Waals surface area contributed by atoms with Crippen LogP contribution in [0.25, 0.3) is 0 Å². The molecule has 0 aromatic heterocycles. The highest BCUT2D eigenvalue weighted by atomic mass is 35.5. The van der Waals surface area contributed by atoms with Crippen molar-refractivity contribution in [2.45, 2.75) is 6.92 Å². The second-order valence-corrected chi connectivity index (χ2v) is 3.18. The first-order chi connectivity index (χ1) is 7.58. The van der Waals surface area contributed by atoms with Gasteiger partial charge in [0.1, 0.15) is 5.84 Å². The molecule has 3 nitrogen and oxygen atoms in total. The van der Waals surface area contributed by atoms with E-state index in [1.165, 1.54) is 0 Å². The molecule has 0 fully saturated rings. The van der Waals surface area contributed by atoms with Crippen molar-refractivity contribution in [3.05, 3.63) is 23.8 Å². The van der Waals surface area contributed by atoms with Crippen molar-refractivity contribution in [3.63, 3.8) is 0 Å². The van der Waals surface area contributed by atoms with E-state index in [9.17, 15) is 8.78 Å². The first-order valence-electron chi connectivity index (χ1n) is 4.59. The van der Waals surface area contributed by atoms with Crippen LogP contribution in [0.15, 0.2) is 17.1 Å². The largest absolute Gasteiger partial charge is 0.488 e. The van der Waals surface area contributed by atoms with Gasteiger partial charge in [-0.15, -0.1) is 11.6 Å². The van der Waals surface area contributed by atoms with Gasteiger partial charge in [-0.2, -0.15) is 0 Å². The van der Waals surface area contributed by atoms with Crippen LogP contribution in [0.4, 0.5) is 14.5 Å². The lowest BCUT2D eigenvalue weighted by molar-refractivity contribution is 0.303. The summed E-state index contributed by atoms with van der Waals surface area (Å²) in [5, 5.41) is 0. The Balaban J connectivity index is 3.09. The molecule has 2 N–H and O–H groups in total. The number of halogens is 3. The molecule has 0 spiro atoms. The summed E-state index contributed by atoms with van der Waals surface area (Å²) in [5.74, 6) is -1.96. The van der Waals surface area contributed by atoms with Crippen LogP contribution >= 0.6 is 11.6 Å². The number of amidine groups is 1. The highest BCUT2D eigenvalue weighted by Gasteiger charge is 2.11. The summed E-state index contributed by atoms with van der Waals surface area (Å²) in [4.78, 5) is 3.73. The molecule has 0 saturated carbocycles. The third-order valence-electron chi connectivity index (χ3n) is 1.68. The van der Waals surface area contributed by atoms with E-state index in [0.29, 0.717) is 0 Å². The molecule has 0 aliphatic carbocycles. The van der Waals surface area contributed by atoms with E-state index in [0.717, 1.165) is 12.1 Å². The number of hydrogen-bond donors (Lipinski definition) is 1. The van der Waals surface area contributed by atoms with Crippen LogP contribution < -0.4 is 10.5 Å². The molecule has 0 radical (unpaired) electrons. The molecule has 0 atom stereocenters. The molecule has 1 rings (SSSR count). The number of benzene rings is 1. The average molecular weight is 249 g/mol. The number of nitrogens with two attached hydrogens (primary N) is 1. The molecule has 88 valence electrons. The van der Waals surface area contributed by atoms with E-state index in [-0.39, 0.29) is 24.0 Å². The zero-order valence-electron chi connectivity index (χ0n) is 8.64. The second-order valence-electron chi connectivity index (χ2n) is 2.91. The minimum atomic E-state index is -0.817. The lowest BCUT2D eigenvalue weighted by Crippen LogP contribution is -2.12. The van der Waals surface area contributed by atoms with E-state index in [1.54, 1.807) is 6.92 Å². The van der Waals surface area contributed by atoms with Gasteiger partial charge in [-0.25, -0.2) is 13.8 Å². The Labute approximate surface area is 96.9 Å². The molecule has 0 amide bonds. The maximum atomic E-state index is 13.3. The summed E-state index contributed by atoms with van der Waals surface area (Å²) in [6.07, 6.45) is 0. The van der Waals surface area contributed by atoms with Gasteiger partial charge >= 0.3 is 0 Å². The Hall–Kier alpha value is -1.36. The molecule has 1 aromatic rings. The van der Waals surface area contributed by atoms with Crippen molar-refractivity contribution < 1.29 is 13.5 Å². The molecule has 6 heteroatoms. The van der Waals surface area contributed by atoms with Crippen LogP contribution in [0.5, 0.6) is 5.75 Å². The van der Waals surface area contributed by atoms with Crippen molar-refractivity contribution in [3.8, 4) is 5.75 Å². The normalized spacial score (nSPS) is 11.6. The first kappa shape index (κ1) is 12.7. The lowest BCUT2D eigenvalue weighted by Gasteiger charge is -2.06. The monoisotopic (exact) mass is 248 g/mol. The van der Waals surface area contributed by atoms with Gasteiger partial charge in [0.15, 0.2) is 17.4 Å². The Bertz CT molecular complexity index is 387. The van der Waals surface area contributed by atoms with Crippen LogP contribution in [-0.2, 0) is 0 Å². The van der Waals surface area contributed by atoms with Crippen molar-refractivity contribution >= 4 is 23.1 Å². The predicted molar refractivity (Wildman–Crippen MR) is 59.5 cm³/mol. The van der Waals surface area contributed by atoms with Crippen LogP contribution in [-0.4, -0.2) is 18.3 Å². The van der Waals surface area contributed by atoms with E-state index in [2.05, 4.69) is 4.99 Å². The molecule has 0 aliphatic heterocycles. The van der Waals surface area contributed by atoms with Gasteiger partial charge in [-0.1, -0.05) is 0 Å². The smallest absolute Gasteiger partial charge is 0.190 e. The van der Waals surface area contributed by atoms with E-state index in [1.807, 2.05) is 0 Å². The second kappa shape index (κ2) is 5.65. The van der Waals surface area contributed by atoms with Crippen LogP contribution in [0.2, 0.25) is 0 Å². The van der Waals surface area contributed by atoms with Gasteiger partial charge in [-0.3, -0.25) is 0 Å². The summed E-state index contributed by atoms with van der Waals surface area (Å²) in [6.45, 7) is 1.82. The zero-order valence-corrected chi connectivity index (χ0v) is 9.39. The molecule has 0 saturated heterocycles. The van der Waals surface area contributed by atoms with E-state index >= 15 is 0 Å². The summed E-state index contributed by atoms with van der Waals surface area (Å²) < 4.78 is 31.5. The fourth-order valence-corrected chi connectivity index (χ4v) is 1.15.